The van der Waals surface area contributed by atoms with Crippen molar-refractivity contribution in [2.75, 3.05) is 11.9 Å². The fraction of sp³-hybridized carbons (Fsp3) is 0.538. The van der Waals surface area contributed by atoms with E-state index < -0.39 is 12.1 Å². The Labute approximate surface area is 116 Å². The number of nitrogens with zero attached hydrogens (tertiary/aromatic N) is 3. The molecular formula is C13H16N4O3. The van der Waals surface area contributed by atoms with Gasteiger partial charge in [0.2, 0.25) is 0 Å². The summed E-state index contributed by atoms with van der Waals surface area (Å²) >= 11 is 0. The van der Waals surface area contributed by atoms with Crippen molar-refractivity contribution < 1.29 is 14.6 Å². The van der Waals surface area contributed by atoms with Crippen LogP contribution in [0.15, 0.2) is 0 Å². The molecule has 0 aromatic carbocycles. The molecule has 2 rings (SSSR count). The number of hydrogen-bond donors (Lipinski definition) is 2. The zero-order chi connectivity index (χ0) is 14.7. The maximum Gasteiger partial charge on any atom is 0.332 e. The van der Waals surface area contributed by atoms with Crippen LogP contribution in [0.5, 0.6) is 0 Å². The van der Waals surface area contributed by atoms with Crippen LogP contribution < -0.4 is 5.32 Å². The molecule has 106 valence electrons. The van der Waals surface area contributed by atoms with Gasteiger partial charge in [0, 0.05) is 6.54 Å². The molecular weight excluding hydrogens is 260 g/mol. The van der Waals surface area contributed by atoms with Gasteiger partial charge in [0.05, 0.1) is 11.8 Å². The summed E-state index contributed by atoms with van der Waals surface area (Å²) < 4.78 is 5.38. The highest BCUT2D eigenvalue weighted by molar-refractivity contribution is 5.72. The molecule has 2 heterocycles. The van der Waals surface area contributed by atoms with Crippen LogP contribution in [0.3, 0.4) is 0 Å². The standard InChI is InChI=1S/C13H16N4O3/c1-7-8(2)16-17-12(10(7)5-14)15-6-9-3-4-11(20-9)13(18)19/h9,11H,3-4,6H2,1-2H3,(H,15,17)(H,18,19). The van der Waals surface area contributed by atoms with Gasteiger partial charge in [0.25, 0.3) is 0 Å². The quantitative estimate of drug-likeness (QED) is 0.844. The molecule has 2 N–H and O–H groups in total. The number of hydrogen-bond acceptors (Lipinski definition) is 6. The molecule has 0 aliphatic carbocycles. The highest BCUT2D eigenvalue weighted by Crippen LogP contribution is 2.22. The largest absolute Gasteiger partial charge is 0.479 e. The second-order valence-electron chi connectivity index (χ2n) is 4.79. The van der Waals surface area contributed by atoms with Crippen molar-refractivity contribution in [2.45, 2.75) is 38.9 Å². The van der Waals surface area contributed by atoms with Gasteiger partial charge in [0.1, 0.15) is 11.6 Å². The molecule has 20 heavy (non-hydrogen) atoms. The third-order valence-corrected chi connectivity index (χ3v) is 3.45. The van der Waals surface area contributed by atoms with E-state index in [9.17, 15) is 4.79 Å². The number of nitrogens with one attached hydrogen (secondary N) is 1. The number of rotatable bonds is 4. The van der Waals surface area contributed by atoms with Crippen LogP contribution in [0, 0.1) is 25.2 Å². The first-order chi connectivity index (χ1) is 9.52. The fourth-order valence-corrected chi connectivity index (χ4v) is 2.12. The molecule has 1 aromatic heterocycles. The molecule has 1 aromatic rings. The van der Waals surface area contributed by atoms with Gasteiger partial charge in [-0.15, -0.1) is 5.10 Å². The topological polar surface area (TPSA) is 108 Å². The predicted octanol–water partition coefficient (Wildman–Crippen LogP) is 1.01. The lowest BCUT2D eigenvalue weighted by molar-refractivity contribution is -0.149. The molecule has 0 spiro atoms. The molecule has 0 radical (unpaired) electrons. The zero-order valence-electron chi connectivity index (χ0n) is 11.4. The van der Waals surface area contributed by atoms with Gasteiger partial charge < -0.3 is 15.2 Å². The predicted molar refractivity (Wildman–Crippen MR) is 70.2 cm³/mol. The maximum absolute atomic E-state index is 10.8. The Kier molecular flexibility index (Phi) is 4.15. The van der Waals surface area contributed by atoms with E-state index >= 15 is 0 Å². The van der Waals surface area contributed by atoms with E-state index in [1.54, 1.807) is 6.92 Å². The number of carbonyl (C=O) groups is 1. The normalized spacial score (nSPS) is 21.4. The smallest absolute Gasteiger partial charge is 0.332 e. The number of anilines is 1. The van der Waals surface area contributed by atoms with Crippen molar-refractivity contribution in [2.24, 2.45) is 0 Å². The second kappa shape index (κ2) is 5.84. The van der Waals surface area contributed by atoms with Gasteiger partial charge in [0.15, 0.2) is 11.9 Å². The van der Waals surface area contributed by atoms with Crippen LogP contribution >= 0.6 is 0 Å². The SMILES string of the molecule is Cc1nnc(NCC2CCC(C(=O)O)O2)c(C#N)c1C. The lowest BCUT2D eigenvalue weighted by Gasteiger charge is -2.14. The summed E-state index contributed by atoms with van der Waals surface area (Å²) in [5.74, 6) is -0.519. The van der Waals surface area contributed by atoms with Crippen LogP contribution in [0.4, 0.5) is 5.82 Å². The summed E-state index contributed by atoms with van der Waals surface area (Å²) in [7, 11) is 0. The number of aryl methyl sites for hydroxylation is 1. The average molecular weight is 276 g/mol. The van der Waals surface area contributed by atoms with Crippen LogP contribution in [-0.2, 0) is 9.53 Å². The highest BCUT2D eigenvalue weighted by atomic mass is 16.5. The van der Waals surface area contributed by atoms with Gasteiger partial charge in [-0.3, -0.25) is 0 Å². The average Bonchev–Trinajstić information content (AvgIpc) is 2.89. The molecule has 1 saturated heterocycles. The van der Waals surface area contributed by atoms with E-state index in [2.05, 4.69) is 21.6 Å². The van der Waals surface area contributed by atoms with Crippen molar-refractivity contribution in [1.82, 2.24) is 10.2 Å². The second-order valence-corrected chi connectivity index (χ2v) is 4.79. The Bertz CT molecular complexity index is 567. The molecule has 0 bridgehead atoms. The van der Waals surface area contributed by atoms with Gasteiger partial charge >= 0.3 is 5.97 Å². The number of ether oxygens (including phenoxy) is 1. The molecule has 0 saturated carbocycles. The monoisotopic (exact) mass is 276 g/mol. The van der Waals surface area contributed by atoms with E-state index in [1.165, 1.54) is 0 Å². The molecule has 2 atom stereocenters. The summed E-state index contributed by atoms with van der Waals surface area (Å²) in [6, 6.07) is 2.11. The van der Waals surface area contributed by atoms with E-state index in [1.807, 2.05) is 6.92 Å². The van der Waals surface area contributed by atoms with Crippen molar-refractivity contribution in [3.8, 4) is 6.07 Å². The zero-order valence-corrected chi connectivity index (χ0v) is 11.4. The Hall–Kier alpha value is -2.20. The minimum absolute atomic E-state index is 0.189. The van der Waals surface area contributed by atoms with Gasteiger partial charge in [-0.2, -0.15) is 10.4 Å². The molecule has 2 unspecified atom stereocenters. The van der Waals surface area contributed by atoms with Crippen molar-refractivity contribution in [1.29, 1.82) is 5.26 Å². The highest BCUT2D eigenvalue weighted by Gasteiger charge is 2.30. The van der Waals surface area contributed by atoms with Gasteiger partial charge in [-0.1, -0.05) is 0 Å². The van der Waals surface area contributed by atoms with E-state index in [-0.39, 0.29) is 6.10 Å². The summed E-state index contributed by atoms with van der Waals surface area (Å²) in [5, 5.41) is 29.0. The van der Waals surface area contributed by atoms with Crippen LogP contribution in [-0.4, -0.2) is 40.0 Å². The lowest BCUT2D eigenvalue weighted by atomic mass is 10.1. The third kappa shape index (κ3) is 2.86. The number of aromatic nitrogens is 2. The maximum atomic E-state index is 10.8. The Balaban J connectivity index is 2.01. The third-order valence-electron chi connectivity index (χ3n) is 3.45. The lowest BCUT2D eigenvalue weighted by Crippen LogP contribution is -2.25. The molecule has 1 aliphatic rings. The van der Waals surface area contributed by atoms with E-state index in [0.29, 0.717) is 30.8 Å². The Morgan fingerprint density at radius 1 is 1.50 bits per heavy atom. The summed E-state index contributed by atoms with van der Waals surface area (Å²) in [6.45, 7) is 4.03. The van der Waals surface area contributed by atoms with Crippen LogP contribution in [0.2, 0.25) is 0 Å². The van der Waals surface area contributed by atoms with Crippen LogP contribution in [0.25, 0.3) is 0 Å². The number of aliphatic carboxylic acids is 1. The first-order valence-corrected chi connectivity index (χ1v) is 6.39. The summed E-state index contributed by atoms with van der Waals surface area (Å²) in [4.78, 5) is 10.8. The number of carboxylic acid groups (broad SMARTS) is 1. The minimum Gasteiger partial charge on any atom is -0.479 e. The van der Waals surface area contributed by atoms with Gasteiger partial charge in [-0.25, -0.2) is 4.79 Å². The van der Waals surface area contributed by atoms with E-state index in [4.69, 9.17) is 15.1 Å². The Morgan fingerprint density at radius 3 is 2.85 bits per heavy atom. The Morgan fingerprint density at radius 2 is 2.25 bits per heavy atom. The molecule has 1 fully saturated rings. The van der Waals surface area contributed by atoms with E-state index in [0.717, 1.165) is 11.3 Å². The fourth-order valence-electron chi connectivity index (χ4n) is 2.12. The first-order valence-electron chi connectivity index (χ1n) is 6.39. The minimum atomic E-state index is -0.934. The molecule has 1 aliphatic heterocycles. The summed E-state index contributed by atoms with van der Waals surface area (Å²) in [6.07, 6.45) is 0.254. The summed E-state index contributed by atoms with van der Waals surface area (Å²) in [5.41, 5.74) is 1.97. The first kappa shape index (κ1) is 14.2. The molecule has 7 nitrogen and oxygen atoms in total. The number of carboxylic acids is 1. The number of nitriles is 1. The van der Waals surface area contributed by atoms with Crippen molar-refractivity contribution in [3.63, 3.8) is 0 Å². The molecule has 7 heteroatoms. The van der Waals surface area contributed by atoms with Gasteiger partial charge in [-0.05, 0) is 32.3 Å². The van der Waals surface area contributed by atoms with Crippen molar-refractivity contribution in [3.05, 3.63) is 16.8 Å². The molecule has 0 amide bonds. The van der Waals surface area contributed by atoms with Crippen LogP contribution in [0.1, 0.15) is 29.7 Å². The van der Waals surface area contributed by atoms with Crippen molar-refractivity contribution >= 4 is 11.8 Å².